The molecule has 0 aliphatic rings. The number of nitrogens with zero attached hydrogens (tertiary/aromatic N) is 4. The van der Waals surface area contributed by atoms with E-state index in [4.69, 9.17) is 0 Å². The van der Waals surface area contributed by atoms with Crippen molar-refractivity contribution in [3.63, 3.8) is 0 Å². The van der Waals surface area contributed by atoms with Crippen molar-refractivity contribution in [1.82, 2.24) is 19.3 Å². The van der Waals surface area contributed by atoms with Gasteiger partial charge < -0.3 is 14.5 Å². The van der Waals surface area contributed by atoms with E-state index in [1.807, 2.05) is 49.6 Å². The average molecular weight is 460 g/mol. The Hall–Kier alpha value is -3.32. The number of hydrogen-bond acceptors (Lipinski definition) is 4. The van der Waals surface area contributed by atoms with Gasteiger partial charge in [0.25, 0.3) is 0 Å². The molecule has 4 rings (SSSR count). The number of carbonyl (C=O) groups is 1. The second-order valence-corrected chi connectivity index (χ2v) is 8.90. The van der Waals surface area contributed by atoms with Gasteiger partial charge in [-0.1, -0.05) is 61.2 Å². The lowest BCUT2D eigenvalue weighted by molar-refractivity contribution is -0.113. The molecule has 33 heavy (non-hydrogen) atoms. The molecular formula is C26H29N5OS. The summed E-state index contributed by atoms with van der Waals surface area (Å²) < 4.78 is 4.24. The molecule has 4 aromatic rings. The van der Waals surface area contributed by atoms with E-state index >= 15 is 0 Å². The summed E-state index contributed by atoms with van der Waals surface area (Å²) in [5.41, 5.74) is 4.50. The van der Waals surface area contributed by atoms with Crippen LogP contribution < -0.4 is 5.32 Å². The highest BCUT2D eigenvalue weighted by atomic mass is 32.2. The molecule has 6 nitrogen and oxygen atoms in total. The zero-order valence-corrected chi connectivity index (χ0v) is 19.9. The summed E-state index contributed by atoms with van der Waals surface area (Å²) >= 11 is 1.43. The summed E-state index contributed by atoms with van der Waals surface area (Å²) in [7, 11) is 2.03. The van der Waals surface area contributed by atoms with Crippen LogP contribution in [0, 0.1) is 0 Å². The third-order valence-corrected chi connectivity index (χ3v) is 6.60. The smallest absolute Gasteiger partial charge is 0.234 e. The number of benzene rings is 2. The summed E-state index contributed by atoms with van der Waals surface area (Å²) in [5.74, 6) is 1.14. The van der Waals surface area contributed by atoms with Crippen LogP contribution in [-0.2, 0) is 37.6 Å². The fourth-order valence-corrected chi connectivity index (χ4v) is 4.44. The number of carbonyl (C=O) groups excluding carboxylic acids is 1. The molecule has 0 saturated carbocycles. The lowest BCUT2D eigenvalue weighted by Gasteiger charge is -2.11. The molecule has 0 saturated heterocycles. The van der Waals surface area contributed by atoms with E-state index < -0.39 is 0 Å². The fourth-order valence-electron chi connectivity index (χ4n) is 3.66. The van der Waals surface area contributed by atoms with E-state index in [0.29, 0.717) is 6.42 Å². The van der Waals surface area contributed by atoms with Gasteiger partial charge in [0.2, 0.25) is 5.91 Å². The van der Waals surface area contributed by atoms with Crippen LogP contribution in [0.3, 0.4) is 0 Å². The first-order chi connectivity index (χ1) is 16.1. The Morgan fingerprint density at radius 3 is 2.45 bits per heavy atom. The fraction of sp³-hybridized carbons (Fsp3) is 0.269. The Balaban J connectivity index is 1.45. The second kappa shape index (κ2) is 11.0. The lowest BCUT2D eigenvalue weighted by atomic mass is 10.1. The molecule has 0 unspecified atom stereocenters. The number of aryl methyl sites for hydroxylation is 3. The summed E-state index contributed by atoms with van der Waals surface area (Å²) in [4.78, 5) is 12.5. The molecular weight excluding hydrogens is 430 g/mol. The van der Waals surface area contributed by atoms with Crippen LogP contribution in [0.1, 0.15) is 29.6 Å². The van der Waals surface area contributed by atoms with Crippen LogP contribution in [-0.4, -0.2) is 31.0 Å². The van der Waals surface area contributed by atoms with Gasteiger partial charge in [0.1, 0.15) is 5.82 Å². The van der Waals surface area contributed by atoms with Gasteiger partial charge in [-0.3, -0.25) is 4.79 Å². The van der Waals surface area contributed by atoms with E-state index in [1.165, 1.54) is 28.6 Å². The molecule has 0 atom stereocenters. The van der Waals surface area contributed by atoms with Crippen LogP contribution in [0.5, 0.6) is 0 Å². The van der Waals surface area contributed by atoms with E-state index in [9.17, 15) is 4.79 Å². The summed E-state index contributed by atoms with van der Waals surface area (Å²) in [6, 6.07) is 22.5. The van der Waals surface area contributed by atoms with Gasteiger partial charge in [0.15, 0.2) is 5.16 Å². The van der Waals surface area contributed by atoms with Gasteiger partial charge in [-0.2, -0.15) is 0 Å². The van der Waals surface area contributed by atoms with Crippen molar-refractivity contribution in [2.75, 3.05) is 11.1 Å². The first kappa shape index (κ1) is 22.9. The highest BCUT2D eigenvalue weighted by Crippen LogP contribution is 2.21. The predicted molar refractivity (Wildman–Crippen MR) is 134 cm³/mol. The van der Waals surface area contributed by atoms with Gasteiger partial charge in [-0.05, 0) is 48.2 Å². The topological polar surface area (TPSA) is 64.7 Å². The molecule has 2 aromatic carbocycles. The standard InChI is InChI=1S/C26H29N5OS/c1-3-20-11-13-22(14-12-20)27-25(32)19-33-26-29-28-24(18-23-10-7-16-30(23)2)31(26)17-15-21-8-5-4-6-9-21/h4-14,16H,3,15,17-19H2,1-2H3,(H,27,32). The van der Waals surface area contributed by atoms with E-state index in [0.717, 1.165) is 36.1 Å². The molecule has 1 N–H and O–H groups in total. The molecule has 0 aliphatic carbocycles. The molecule has 1 amide bonds. The van der Waals surface area contributed by atoms with Crippen molar-refractivity contribution < 1.29 is 4.79 Å². The van der Waals surface area contributed by atoms with E-state index in [-0.39, 0.29) is 11.7 Å². The van der Waals surface area contributed by atoms with Crippen LogP contribution in [0.2, 0.25) is 0 Å². The van der Waals surface area contributed by atoms with Crippen LogP contribution in [0.4, 0.5) is 5.69 Å². The normalized spacial score (nSPS) is 11.0. The highest BCUT2D eigenvalue weighted by Gasteiger charge is 2.16. The maximum Gasteiger partial charge on any atom is 0.234 e. The number of rotatable bonds is 10. The van der Waals surface area contributed by atoms with Gasteiger partial charge >= 0.3 is 0 Å². The van der Waals surface area contributed by atoms with Gasteiger partial charge in [-0.25, -0.2) is 0 Å². The Morgan fingerprint density at radius 1 is 0.970 bits per heavy atom. The van der Waals surface area contributed by atoms with Crippen LogP contribution >= 0.6 is 11.8 Å². The maximum absolute atomic E-state index is 12.5. The van der Waals surface area contributed by atoms with Crippen molar-refractivity contribution in [2.24, 2.45) is 7.05 Å². The minimum atomic E-state index is -0.0501. The zero-order chi connectivity index (χ0) is 23.0. The molecule has 0 aliphatic heterocycles. The number of thioether (sulfide) groups is 1. The first-order valence-electron chi connectivity index (χ1n) is 11.2. The van der Waals surface area contributed by atoms with Gasteiger partial charge in [0.05, 0.1) is 5.75 Å². The maximum atomic E-state index is 12.5. The highest BCUT2D eigenvalue weighted by molar-refractivity contribution is 7.99. The van der Waals surface area contributed by atoms with Crippen LogP contribution in [0.15, 0.2) is 78.1 Å². The van der Waals surface area contributed by atoms with Crippen molar-refractivity contribution in [3.8, 4) is 0 Å². The van der Waals surface area contributed by atoms with Crippen molar-refractivity contribution in [1.29, 1.82) is 0 Å². The van der Waals surface area contributed by atoms with Crippen LogP contribution in [0.25, 0.3) is 0 Å². The molecule has 0 bridgehead atoms. The summed E-state index contributed by atoms with van der Waals surface area (Å²) in [5, 5.41) is 12.6. The van der Waals surface area contributed by atoms with E-state index in [2.05, 4.69) is 61.9 Å². The molecule has 2 heterocycles. The first-order valence-corrected chi connectivity index (χ1v) is 12.2. The molecule has 2 aromatic heterocycles. The van der Waals surface area contributed by atoms with Crippen molar-refractivity contribution >= 4 is 23.4 Å². The van der Waals surface area contributed by atoms with Gasteiger partial charge in [0, 0.05) is 37.6 Å². The number of hydrogen-bond donors (Lipinski definition) is 1. The molecule has 0 radical (unpaired) electrons. The summed E-state index contributed by atoms with van der Waals surface area (Å²) in [6.45, 7) is 2.88. The largest absolute Gasteiger partial charge is 0.354 e. The lowest BCUT2D eigenvalue weighted by Crippen LogP contribution is -2.15. The van der Waals surface area contributed by atoms with E-state index in [1.54, 1.807) is 0 Å². The number of amides is 1. The van der Waals surface area contributed by atoms with Crippen molar-refractivity contribution in [2.45, 2.75) is 37.9 Å². The Labute approximate surface area is 199 Å². The van der Waals surface area contributed by atoms with Crippen molar-refractivity contribution in [3.05, 3.63) is 95.6 Å². The third kappa shape index (κ3) is 6.14. The SMILES string of the molecule is CCc1ccc(NC(=O)CSc2nnc(Cc3cccn3C)n2CCc2ccccc2)cc1. The molecule has 170 valence electrons. The quantitative estimate of drug-likeness (QED) is 0.348. The second-order valence-electron chi connectivity index (χ2n) is 7.96. The van der Waals surface area contributed by atoms with Gasteiger partial charge in [-0.15, -0.1) is 10.2 Å². The molecule has 7 heteroatoms. The summed E-state index contributed by atoms with van der Waals surface area (Å²) in [6.07, 6.45) is 4.59. The molecule has 0 fully saturated rings. The Kier molecular flexibility index (Phi) is 7.62. The Bertz CT molecular complexity index is 1180. The minimum Gasteiger partial charge on any atom is -0.354 e. The number of aromatic nitrogens is 4. The number of nitrogens with one attached hydrogen (secondary N) is 1. The third-order valence-electron chi connectivity index (χ3n) is 5.63. The zero-order valence-electron chi connectivity index (χ0n) is 19.1. The monoisotopic (exact) mass is 459 g/mol. The Morgan fingerprint density at radius 2 is 1.76 bits per heavy atom. The predicted octanol–water partition coefficient (Wildman–Crippen LogP) is 4.74. The number of anilines is 1. The average Bonchev–Trinajstić information content (AvgIpc) is 3.43. The molecule has 0 spiro atoms. The minimum absolute atomic E-state index is 0.0501.